The molecule has 1 aromatic heterocycles. The van der Waals surface area contributed by atoms with Gasteiger partial charge in [-0.1, -0.05) is 12.1 Å². The van der Waals surface area contributed by atoms with Crippen LogP contribution in [0, 0.1) is 0 Å². The summed E-state index contributed by atoms with van der Waals surface area (Å²) in [5.74, 6) is -0.418. The molecule has 0 bridgehead atoms. The monoisotopic (exact) mass is 359 g/mol. The maximum atomic E-state index is 12.4. The molecule has 0 radical (unpaired) electrons. The van der Waals surface area contributed by atoms with Crippen molar-refractivity contribution in [2.75, 3.05) is 5.43 Å². The number of carbonyl (C=O) groups is 1. The van der Waals surface area contributed by atoms with Crippen LogP contribution in [0.15, 0.2) is 47.5 Å². The molecule has 0 atom stereocenters. The van der Waals surface area contributed by atoms with Gasteiger partial charge in [0.25, 0.3) is 10.0 Å². The van der Waals surface area contributed by atoms with Gasteiger partial charge in [0.2, 0.25) is 0 Å². The minimum Gasteiger partial charge on any atom is -0.295 e. The van der Waals surface area contributed by atoms with Gasteiger partial charge in [0, 0.05) is 11.8 Å². The predicted octanol–water partition coefficient (Wildman–Crippen LogP) is 2.61. The van der Waals surface area contributed by atoms with Gasteiger partial charge in [0.05, 0.1) is 10.5 Å². The predicted molar refractivity (Wildman–Crippen MR) is 79.6 cm³/mol. The Labute approximate surface area is 135 Å². The van der Waals surface area contributed by atoms with Crippen LogP contribution in [0.1, 0.15) is 22.8 Å². The van der Waals surface area contributed by atoms with Crippen LogP contribution < -0.4 is 10.3 Å². The zero-order chi connectivity index (χ0) is 18.0. The minimum absolute atomic E-state index is 0.116. The van der Waals surface area contributed by atoms with Crippen LogP contribution in [0.5, 0.6) is 0 Å². The second kappa shape index (κ2) is 6.57. The number of benzene rings is 1. The molecule has 24 heavy (non-hydrogen) atoms. The number of alkyl halides is 3. The fraction of sp³-hybridized carbons (Fsp3) is 0.143. The molecule has 2 aromatic rings. The van der Waals surface area contributed by atoms with E-state index < -0.39 is 21.8 Å². The second-order valence-electron chi connectivity index (χ2n) is 4.74. The number of hydrogen-bond acceptors (Lipinski definition) is 5. The average molecular weight is 359 g/mol. The lowest BCUT2D eigenvalue weighted by atomic mass is 10.2. The molecule has 0 saturated heterocycles. The molecule has 2 rings (SSSR count). The highest BCUT2D eigenvalue weighted by molar-refractivity contribution is 7.89. The third kappa shape index (κ3) is 4.30. The highest BCUT2D eigenvalue weighted by Crippen LogP contribution is 2.28. The number of nitrogens with one attached hydrogen (secondary N) is 2. The number of hydrogen-bond donors (Lipinski definition) is 2. The molecule has 6 nitrogen and oxygen atoms in total. The number of Topliss-reactive ketones (excluding diaryl/α,β-unsaturated/α-hetero) is 1. The van der Waals surface area contributed by atoms with Crippen molar-refractivity contribution in [2.45, 2.75) is 18.0 Å². The van der Waals surface area contributed by atoms with E-state index in [-0.39, 0.29) is 22.1 Å². The van der Waals surface area contributed by atoms with Crippen LogP contribution in [-0.4, -0.2) is 19.2 Å². The van der Waals surface area contributed by atoms with Gasteiger partial charge in [-0.05, 0) is 31.2 Å². The molecule has 1 heterocycles. The SMILES string of the molecule is CC(=O)c1cccc(S(=O)(=O)NNc2ccc(C(F)(F)F)cn2)c1. The summed E-state index contributed by atoms with van der Waals surface area (Å²) >= 11 is 0. The lowest BCUT2D eigenvalue weighted by Gasteiger charge is -2.10. The van der Waals surface area contributed by atoms with E-state index in [0.717, 1.165) is 12.1 Å². The Balaban J connectivity index is 2.13. The number of sulfonamides is 1. The summed E-state index contributed by atoms with van der Waals surface area (Å²) in [6, 6.07) is 7.08. The molecule has 0 amide bonds. The topological polar surface area (TPSA) is 88.2 Å². The number of halogens is 3. The molecular weight excluding hydrogens is 347 g/mol. The Kier molecular flexibility index (Phi) is 4.90. The Morgan fingerprint density at radius 3 is 2.42 bits per heavy atom. The molecule has 0 unspecified atom stereocenters. The number of aromatic nitrogens is 1. The summed E-state index contributed by atoms with van der Waals surface area (Å²) in [6.45, 7) is 1.30. The summed E-state index contributed by atoms with van der Waals surface area (Å²) in [5, 5.41) is 0. The Bertz CT molecular complexity index is 850. The summed E-state index contributed by atoms with van der Waals surface area (Å²) in [5.41, 5.74) is 1.47. The smallest absolute Gasteiger partial charge is 0.295 e. The van der Waals surface area contributed by atoms with Crippen molar-refractivity contribution in [1.82, 2.24) is 9.82 Å². The number of nitrogens with zero attached hydrogens (tertiary/aromatic N) is 1. The average Bonchev–Trinajstić information content (AvgIpc) is 2.53. The summed E-state index contributed by atoms with van der Waals surface area (Å²) in [6.07, 6.45) is -3.95. The lowest BCUT2D eigenvalue weighted by molar-refractivity contribution is -0.137. The molecule has 0 aliphatic carbocycles. The highest BCUT2D eigenvalue weighted by Gasteiger charge is 2.30. The standard InChI is InChI=1S/C14H12F3N3O3S/c1-9(21)10-3-2-4-12(7-10)24(22,23)20-19-13-6-5-11(8-18-13)14(15,16)17/h2-8,20H,1H3,(H,18,19). The fourth-order valence-electron chi connectivity index (χ4n) is 1.70. The van der Waals surface area contributed by atoms with E-state index in [4.69, 9.17) is 0 Å². The van der Waals surface area contributed by atoms with Crippen molar-refractivity contribution >= 4 is 21.6 Å². The van der Waals surface area contributed by atoms with E-state index >= 15 is 0 Å². The Morgan fingerprint density at radius 2 is 1.88 bits per heavy atom. The van der Waals surface area contributed by atoms with Gasteiger partial charge in [0.1, 0.15) is 5.82 Å². The van der Waals surface area contributed by atoms with Gasteiger partial charge in [0.15, 0.2) is 5.78 Å². The van der Waals surface area contributed by atoms with Gasteiger partial charge in [-0.2, -0.15) is 13.2 Å². The lowest BCUT2D eigenvalue weighted by Crippen LogP contribution is -2.30. The molecule has 0 spiro atoms. The minimum atomic E-state index is -4.53. The summed E-state index contributed by atoms with van der Waals surface area (Å²) in [4.78, 5) is 16.6. The first-order valence-electron chi connectivity index (χ1n) is 6.52. The molecule has 10 heteroatoms. The number of pyridine rings is 1. The third-order valence-electron chi connectivity index (χ3n) is 2.96. The zero-order valence-corrected chi connectivity index (χ0v) is 13.1. The summed E-state index contributed by atoms with van der Waals surface area (Å²) < 4.78 is 61.5. The number of ketones is 1. The van der Waals surface area contributed by atoms with E-state index in [1.54, 1.807) is 0 Å². The maximum Gasteiger partial charge on any atom is 0.417 e. The quantitative estimate of drug-likeness (QED) is 0.633. The van der Waals surface area contributed by atoms with E-state index in [0.29, 0.717) is 6.20 Å². The zero-order valence-electron chi connectivity index (χ0n) is 12.3. The van der Waals surface area contributed by atoms with E-state index in [1.807, 2.05) is 4.83 Å². The third-order valence-corrected chi connectivity index (χ3v) is 4.20. The van der Waals surface area contributed by atoms with Crippen molar-refractivity contribution < 1.29 is 26.4 Å². The van der Waals surface area contributed by atoms with Crippen LogP contribution in [-0.2, 0) is 16.2 Å². The first kappa shape index (κ1) is 17.9. The van der Waals surface area contributed by atoms with Gasteiger partial charge < -0.3 is 0 Å². The van der Waals surface area contributed by atoms with Gasteiger partial charge in [-0.25, -0.2) is 13.4 Å². The second-order valence-corrected chi connectivity index (χ2v) is 6.43. The fourth-order valence-corrected chi connectivity index (χ4v) is 2.59. The number of carbonyl (C=O) groups excluding carboxylic acids is 1. The molecule has 1 aromatic carbocycles. The van der Waals surface area contributed by atoms with Crippen LogP contribution in [0.25, 0.3) is 0 Å². The van der Waals surface area contributed by atoms with Gasteiger partial charge >= 0.3 is 6.18 Å². The Hall–Kier alpha value is -2.46. The molecular formula is C14H12F3N3O3S. The van der Waals surface area contributed by atoms with Crippen molar-refractivity contribution in [1.29, 1.82) is 0 Å². The van der Waals surface area contributed by atoms with E-state index in [1.165, 1.54) is 31.2 Å². The largest absolute Gasteiger partial charge is 0.417 e. The van der Waals surface area contributed by atoms with E-state index in [2.05, 4.69) is 10.4 Å². The molecule has 2 N–H and O–H groups in total. The van der Waals surface area contributed by atoms with E-state index in [9.17, 15) is 26.4 Å². The highest BCUT2D eigenvalue weighted by atomic mass is 32.2. The maximum absolute atomic E-state index is 12.4. The number of hydrazine groups is 1. The van der Waals surface area contributed by atoms with Crippen LogP contribution in [0.2, 0.25) is 0 Å². The molecule has 0 aliphatic rings. The normalized spacial score (nSPS) is 12.0. The molecule has 128 valence electrons. The molecule has 0 aliphatic heterocycles. The van der Waals surface area contributed by atoms with Crippen LogP contribution in [0.3, 0.4) is 0 Å². The first-order chi connectivity index (χ1) is 11.1. The van der Waals surface area contributed by atoms with Gasteiger partial charge in [-0.15, -0.1) is 4.83 Å². The molecule has 0 fully saturated rings. The number of rotatable bonds is 5. The van der Waals surface area contributed by atoms with Crippen LogP contribution in [0.4, 0.5) is 19.0 Å². The first-order valence-corrected chi connectivity index (χ1v) is 8.00. The molecule has 0 saturated carbocycles. The van der Waals surface area contributed by atoms with Crippen LogP contribution >= 0.6 is 0 Å². The number of anilines is 1. The Morgan fingerprint density at radius 1 is 1.17 bits per heavy atom. The van der Waals surface area contributed by atoms with Gasteiger partial charge in [-0.3, -0.25) is 10.2 Å². The van der Waals surface area contributed by atoms with Crippen molar-refractivity contribution in [3.8, 4) is 0 Å². The summed E-state index contributed by atoms with van der Waals surface area (Å²) in [7, 11) is -4.03. The van der Waals surface area contributed by atoms with Crippen molar-refractivity contribution in [2.24, 2.45) is 0 Å². The van der Waals surface area contributed by atoms with Crippen molar-refractivity contribution in [3.05, 3.63) is 53.7 Å². The van der Waals surface area contributed by atoms with Crippen molar-refractivity contribution in [3.63, 3.8) is 0 Å².